The first-order chi connectivity index (χ1) is 51.5. The molecule has 5 fully saturated rings. The average Bonchev–Trinajstić information content (AvgIpc) is 1.73. The molecule has 0 aromatic heterocycles. The first-order valence-electron chi connectivity index (χ1n) is 42.0. The van der Waals surface area contributed by atoms with Crippen LogP contribution in [0.3, 0.4) is 0 Å². The van der Waals surface area contributed by atoms with Crippen LogP contribution < -0.4 is 0 Å². The van der Waals surface area contributed by atoms with Crippen LogP contribution in [0, 0.1) is 18.3 Å². The van der Waals surface area contributed by atoms with Crippen molar-refractivity contribution < 1.29 is 94.3 Å². The molecule has 18 nitrogen and oxygen atoms in total. The Morgan fingerprint density at radius 1 is 0.646 bits per heavy atom. The van der Waals surface area contributed by atoms with Crippen molar-refractivity contribution in [1.29, 1.82) is 0 Å². The van der Waals surface area contributed by atoms with Crippen LogP contribution in [0.15, 0.2) is 59.7 Å². The van der Waals surface area contributed by atoms with Crippen LogP contribution >= 0.6 is 22.6 Å². The third kappa shape index (κ3) is 25.0. The zero-order valence-electron chi connectivity index (χ0n) is 75.0. The lowest BCUT2D eigenvalue weighted by atomic mass is 9.84. The van der Waals surface area contributed by atoms with Gasteiger partial charge in [-0.3, -0.25) is 0 Å². The lowest BCUT2D eigenvalue weighted by Crippen LogP contribution is -2.69. The molecule has 1 aromatic carbocycles. The Hall–Kier alpha value is -0.299. The number of ether oxygens (including phenoxy) is 6. The van der Waals surface area contributed by atoms with Gasteiger partial charge in [0.2, 0.25) is 0 Å². The molecule has 1 radical (unpaired) electrons. The summed E-state index contributed by atoms with van der Waals surface area (Å²) in [4.78, 5) is 0.0952. The topological polar surface area (TPSA) is 208 Å². The lowest BCUT2D eigenvalue weighted by molar-refractivity contribution is -0.268. The molecule has 5 aliphatic rings. The lowest BCUT2D eigenvalue weighted by Gasteiger charge is -2.56. The SMILES string of the molecule is C=C(OS(=O)(=O)C(F)(F)F)[C@H](C)C[C@H]1CC[C@@H]2O[C@@H](CC[CH]/C=C/[C@H](O[Si](C)(C)C(C)(C)C)[C@@H]3O[C@H]4CC[C@H](CC(O)C(C5[C@H](CCO[Si](CC)(CC)CC)O[C@H](C[C@@H](CO[Si](C)(C)C(C)(C)C)O[Si](C)(C)C(C)(C)C)[C@@H]5OC)S(=O)(=O)c5ccccc5)O[C@@H]4[C@H](O[Si](C)(C)C(C)(C)C)[C@@H]3O[Si](C)(C)C(C)(C)C)C[C@]2(CI)O1. The highest BCUT2D eigenvalue weighted by molar-refractivity contribution is 14.1. The van der Waals surface area contributed by atoms with Crippen molar-refractivity contribution in [2.24, 2.45) is 11.8 Å². The number of sulfone groups is 1. The van der Waals surface area contributed by atoms with Crippen LogP contribution in [0.25, 0.3) is 0 Å². The van der Waals surface area contributed by atoms with E-state index in [2.05, 4.69) is 242 Å². The Kier molecular flexibility index (Phi) is 34.9. The minimum Gasteiger partial charge on any atom is -0.417 e. The summed E-state index contributed by atoms with van der Waals surface area (Å²) in [7, 11) is -23.7. The summed E-state index contributed by atoms with van der Waals surface area (Å²) in [6.45, 7) is 68.4. The number of allylic oxidation sites excluding steroid dienone is 2. The van der Waals surface area contributed by atoms with Crippen molar-refractivity contribution in [1.82, 2.24) is 0 Å². The van der Waals surface area contributed by atoms with Crippen LogP contribution in [0.2, 0.25) is 109 Å². The van der Waals surface area contributed by atoms with E-state index in [1.54, 1.807) is 44.4 Å². The highest BCUT2D eigenvalue weighted by Gasteiger charge is 2.61. The molecule has 5 saturated heterocycles. The molecule has 113 heavy (non-hydrogen) atoms. The first-order valence-corrected chi connectivity index (χ1v) is 63.6. The standard InChI is InChI=1S/C83H153F3IO18S2Si6/c1-32-113(33-2,34-3)94-50-49-65-70(71(93-21)68(98-65)53-62(102-109(24,25)78(9,10)11)55-95-108(22,23)77(6,7)8)76(106(89,90)63-42-38-36-39-43-63)64(88)52-59-45-47-66-72(97-59)74(104-111(28,29)80(15,16)17)75(105-112(30,31)81(18,19)20)73(99-66)67(103-110(26,27)79(12,13)14)44-40-35-37-41-61-54-82(56-87)69(96-61)48-46-60(100-82)51-57(4)58(5)101-107(91,92)83(84,85)86/h35-36,38-40,42-44,57,59-62,64-76,88H,5,32-34,37,41,45-56H2,1-4,6-31H3/b44-40+/t57-,59-,60-,61+,62+,64?,65+,66+,67+,68-,69+,70?,71+,72+,73+,74+,75-,76?,82-/m1/s1. The summed E-state index contributed by atoms with van der Waals surface area (Å²) < 4.78 is 189. The molecule has 5 aliphatic heterocycles. The van der Waals surface area contributed by atoms with Gasteiger partial charge in [-0.15, -0.1) is 0 Å². The molecule has 19 atom stereocenters. The summed E-state index contributed by atoms with van der Waals surface area (Å²) >= 11 is 2.32. The summed E-state index contributed by atoms with van der Waals surface area (Å²) in [6.07, 6.45) is 2.01. The number of aliphatic hydroxyl groups is 1. The smallest absolute Gasteiger partial charge is 0.417 e. The Morgan fingerprint density at radius 2 is 1.19 bits per heavy atom. The molecular weight excluding hydrogens is 1700 g/mol. The zero-order chi connectivity index (χ0) is 85.9. The molecule has 0 aliphatic carbocycles. The molecule has 657 valence electrons. The van der Waals surface area contributed by atoms with Gasteiger partial charge in [0.15, 0.2) is 59.7 Å². The fourth-order valence-corrected chi connectivity index (χ4v) is 27.8. The van der Waals surface area contributed by atoms with Crippen LogP contribution in [0.1, 0.15) is 202 Å². The predicted molar refractivity (Wildman–Crippen MR) is 472 cm³/mol. The van der Waals surface area contributed by atoms with Crippen molar-refractivity contribution in [3.05, 3.63) is 61.2 Å². The van der Waals surface area contributed by atoms with Crippen LogP contribution in [-0.4, -0.2) is 205 Å². The fourth-order valence-electron chi connectivity index (χ4n) is 15.2. The monoisotopic (exact) mass is 1850 g/mol. The molecule has 0 spiro atoms. The molecule has 30 heteroatoms. The van der Waals surface area contributed by atoms with Crippen LogP contribution in [0.5, 0.6) is 0 Å². The van der Waals surface area contributed by atoms with Crippen molar-refractivity contribution in [3.8, 4) is 0 Å². The Labute approximate surface area is 703 Å². The second-order valence-corrected chi connectivity index (χ2v) is 74.0. The van der Waals surface area contributed by atoms with Gasteiger partial charge >= 0.3 is 15.6 Å². The highest BCUT2D eigenvalue weighted by atomic mass is 127. The summed E-state index contributed by atoms with van der Waals surface area (Å²) in [6, 6.07) is 11.3. The minimum atomic E-state index is -5.85. The number of methoxy groups -OCH3 is 1. The Bertz CT molecular complexity index is 3440. The van der Waals surface area contributed by atoms with Gasteiger partial charge in [-0.1, -0.05) is 191 Å². The number of rotatable bonds is 39. The number of hydrogen-bond acceptors (Lipinski definition) is 18. The van der Waals surface area contributed by atoms with E-state index in [4.69, 9.17) is 55.0 Å². The number of halogens is 4. The van der Waals surface area contributed by atoms with Crippen molar-refractivity contribution >= 4 is 92.5 Å². The molecule has 5 heterocycles. The van der Waals surface area contributed by atoms with Crippen LogP contribution in [0.4, 0.5) is 13.2 Å². The van der Waals surface area contributed by atoms with Gasteiger partial charge < -0.3 is 64.3 Å². The Balaban J connectivity index is 1.40. The maximum Gasteiger partial charge on any atom is 0.534 e. The van der Waals surface area contributed by atoms with E-state index in [0.29, 0.717) is 75.4 Å². The third-order valence-corrected chi connectivity index (χ3v) is 59.6. The predicted octanol–water partition coefficient (Wildman–Crippen LogP) is 21.1. The second-order valence-electron chi connectivity index (χ2n) is 41.0. The van der Waals surface area contributed by atoms with E-state index in [1.165, 1.54) is 0 Å². The number of benzene rings is 1. The van der Waals surface area contributed by atoms with Gasteiger partial charge in [0, 0.05) is 49.2 Å². The minimum absolute atomic E-state index is 0.0347. The molecule has 1 aromatic rings. The largest absolute Gasteiger partial charge is 0.534 e. The molecule has 0 amide bonds. The Morgan fingerprint density at radius 3 is 1.71 bits per heavy atom. The molecule has 1 N–H and O–H groups in total. The first kappa shape index (κ1) is 102. The highest BCUT2D eigenvalue weighted by Crippen LogP contribution is 2.52. The molecule has 0 bridgehead atoms. The van der Waals surface area contributed by atoms with Gasteiger partial charge in [-0.05, 0) is 179 Å². The van der Waals surface area contributed by atoms with Crippen molar-refractivity contribution in [3.63, 3.8) is 0 Å². The van der Waals surface area contributed by atoms with E-state index >= 15 is 8.42 Å². The van der Waals surface area contributed by atoms with Gasteiger partial charge in [0.05, 0.1) is 83.9 Å². The van der Waals surface area contributed by atoms with E-state index in [1.807, 2.05) is 0 Å². The molecule has 0 saturated carbocycles. The normalized spacial score (nSPS) is 28.8. The quantitative estimate of drug-likeness (QED) is 0.0124. The second kappa shape index (κ2) is 38.9. The number of fused-ring (bicyclic) bond motifs is 2. The summed E-state index contributed by atoms with van der Waals surface area (Å²) in [5.74, 6) is -2.09. The summed E-state index contributed by atoms with van der Waals surface area (Å²) in [5, 5.41) is 11.3. The van der Waals surface area contributed by atoms with Crippen LogP contribution in [-0.2, 0) is 79.1 Å². The number of unbranched alkanes of at least 4 members (excludes halogenated alkanes) is 1. The number of aliphatic hydroxyl groups excluding tert-OH is 1. The molecular formula is C83H153F3IO18S2Si6. The van der Waals surface area contributed by atoms with E-state index < -0.39 is 177 Å². The maximum absolute atomic E-state index is 16.2. The fraction of sp³-hybridized carbons (Fsp3) is 0.867. The maximum atomic E-state index is 16.2. The van der Waals surface area contributed by atoms with E-state index in [9.17, 15) is 26.7 Å². The average molecular weight is 1860 g/mol. The molecule has 3 unspecified atom stereocenters. The molecule has 6 rings (SSSR count). The van der Waals surface area contributed by atoms with E-state index in [0.717, 1.165) is 18.1 Å². The summed E-state index contributed by atoms with van der Waals surface area (Å²) in [5.41, 5.74) is -6.21. The van der Waals surface area contributed by atoms with Gasteiger partial charge in [-0.25, -0.2) is 8.42 Å². The zero-order valence-corrected chi connectivity index (χ0v) is 84.7. The van der Waals surface area contributed by atoms with Gasteiger partial charge in [0.25, 0.3) is 0 Å². The number of hydrogen-bond donors (Lipinski definition) is 1. The third-order valence-electron chi connectivity index (χ3n) is 27.9. The number of alkyl halides is 4. The van der Waals surface area contributed by atoms with E-state index in [-0.39, 0.29) is 61.2 Å². The van der Waals surface area contributed by atoms with Crippen molar-refractivity contribution in [2.75, 3.05) is 24.8 Å². The van der Waals surface area contributed by atoms with Gasteiger partial charge in [-0.2, -0.15) is 21.6 Å². The van der Waals surface area contributed by atoms with Crippen molar-refractivity contribution in [2.45, 2.75) is 424 Å². The van der Waals surface area contributed by atoms with Gasteiger partial charge in [0.1, 0.15) is 35.8 Å².